The molecular formula is C40H56. The topological polar surface area (TPSA) is 0 Å². The molecule has 0 aliphatic heterocycles. The first-order chi connectivity index (χ1) is 19.0. The summed E-state index contributed by atoms with van der Waals surface area (Å²) in [7, 11) is 0. The van der Waals surface area contributed by atoms with Crippen LogP contribution in [0.25, 0.3) is 0 Å². The van der Waals surface area contributed by atoms with Gasteiger partial charge in [0.15, 0.2) is 0 Å². The van der Waals surface area contributed by atoms with Crippen molar-refractivity contribution >= 4 is 0 Å². The maximum absolute atomic E-state index is 2.30. The van der Waals surface area contributed by atoms with Crippen LogP contribution in [-0.2, 0) is 0 Å². The minimum Gasteiger partial charge on any atom is -0.0856 e. The molecule has 0 spiro atoms. The van der Waals surface area contributed by atoms with Crippen molar-refractivity contribution in [2.45, 2.75) is 94.9 Å². The van der Waals surface area contributed by atoms with Gasteiger partial charge in [0.25, 0.3) is 0 Å². The molecule has 0 saturated heterocycles. The van der Waals surface area contributed by atoms with Gasteiger partial charge in [-0.1, -0.05) is 154 Å². The third kappa shape index (κ3) is 24.9. The molecule has 0 aliphatic carbocycles. The molecule has 0 bridgehead atoms. The van der Waals surface area contributed by atoms with Gasteiger partial charge in [-0.05, 0) is 94.9 Å². The summed E-state index contributed by atoms with van der Waals surface area (Å²) in [6.45, 7) is 21.5. The third-order valence-corrected chi connectivity index (χ3v) is 5.93. The fourth-order valence-corrected chi connectivity index (χ4v) is 3.41. The van der Waals surface area contributed by atoms with E-state index in [0.29, 0.717) is 0 Å². The van der Waals surface area contributed by atoms with E-state index in [4.69, 9.17) is 0 Å². The highest BCUT2D eigenvalue weighted by molar-refractivity contribution is 5.32. The number of hydrogen-bond acceptors (Lipinski definition) is 0. The van der Waals surface area contributed by atoms with Crippen molar-refractivity contribution in [3.63, 3.8) is 0 Å². The first-order valence-corrected chi connectivity index (χ1v) is 14.7. The summed E-state index contributed by atoms with van der Waals surface area (Å²) < 4.78 is 0. The highest BCUT2D eigenvalue weighted by atomic mass is 13.9. The van der Waals surface area contributed by atoms with Gasteiger partial charge in [0.05, 0.1) is 0 Å². The van der Waals surface area contributed by atoms with E-state index < -0.39 is 0 Å². The molecule has 0 heterocycles. The molecule has 0 aromatic heterocycles. The molecule has 0 fully saturated rings. The second kappa shape index (κ2) is 23.5. The molecule has 0 unspecified atom stereocenters. The normalized spacial score (nSPS) is 15.1. The molecule has 0 heteroatoms. The number of allylic oxidation sites excluding steroid dienone is 26. The Morgan fingerprint density at radius 3 is 0.925 bits per heavy atom. The lowest BCUT2D eigenvalue weighted by Gasteiger charge is -1.96. The van der Waals surface area contributed by atoms with Gasteiger partial charge in [0.1, 0.15) is 0 Å². The number of hydrogen-bond donors (Lipinski definition) is 0. The zero-order chi connectivity index (χ0) is 30.2. The Kier molecular flexibility index (Phi) is 21.5. The minimum absolute atomic E-state index is 1.12. The predicted octanol–water partition coefficient (Wildman–Crippen LogP) is 12.9. The molecule has 0 atom stereocenters. The monoisotopic (exact) mass is 536 g/mol. The number of rotatable bonds is 16. The van der Waals surface area contributed by atoms with Gasteiger partial charge in [-0.15, -0.1) is 0 Å². The molecule has 0 rings (SSSR count). The van der Waals surface area contributed by atoms with Gasteiger partial charge in [-0.3, -0.25) is 0 Å². The first-order valence-electron chi connectivity index (χ1n) is 14.7. The van der Waals surface area contributed by atoms with Crippen molar-refractivity contribution < 1.29 is 0 Å². The van der Waals surface area contributed by atoms with Crippen LogP contribution in [0.4, 0.5) is 0 Å². The van der Waals surface area contributed by atoms with Crippen molar-refractivity contribution in [3.8, 4) is 0 Å². The summed E-state index contributed by atoms with van der Waals surface area (Å²) in [5, 5.41) is 0. The van der Waals surface area contributed by atoms with Crippen LogP contribution in [0.2, 0.25) is 0 Å². The Hall–Kier alpha value is -3.38. The van der Waals surface area contributed by atoms with Crippen molar-refractivity contribution in [2.75, 3.05) is 0 Å². The third-order valence-electron chi connectivity index (χ3n) is 5.93. The lowest BCUT2D eigenvalue weighted by Crippen LogP contribution is -1.76. The molecule has 0 saturated carbocycles. The summed E-state index contributed by atoms with van der Waals surface area (Å²) >= 11 is 0. The maximum Gasteiger partial charge on any atom is -0.0285 e. The summed E-state index contributed by atoms with van der Waals surface area (Å²) in [5.41, 5.74) is 10.5. The van der Waals surface area contributed by atoms with Crippen molar-refractivity contribution in [2.24, 2.45) is 0 Å². The van der Waals surface area contributed by atoms with Crippen LogP contribution in [0.1, 0.15) is 94.9 Å². The Labute approximate surface area is 248 Å². The molecular weight excluding hydrogens is 480 g/mol. The highest BCUT2D eigenvalue weighted by Gasteiger charge is 1.88. The molecule has 216 valence electrons. The average Bonchev–Trinajstić information content (AvgIpc) is 2.86. The van der Waals surface area contributed by atoms with Crippen LogP contribution in [0.5, 0.6) is 0 Å². The van der Waals surface area contributed by atoms with Crippen molar-refractivity contribution in [1.29, 1.82) is 0 Å². The standard InChI is InChI=1S/C40H56/c1-33(2)19-13-23-37(7)27-17-31-39(9)29-15-25-35(5)21-11-12-22-36(6)26-16-30-40(10)32-18-28-38(8)24-14-20-34(3)4/h11-12,15-22,25-32H,13-14,23-24H2,1-10H3/b12-11+,25-15+,26-16+,31-17+,32-18+,35-21-,36-22-,37-27-,38-28-,39-29-,40-30+. The second-order valence-electron chi connectivity index (χ2n) is 11.1. The smallest absolute Gasteiger partial charge is 0.0285 e. The largest absolute Gasteiger partial charge is 0.0856 e. The Bertz CT molecular complexity index is 1050. The lowest BCUT2D eigenvalue weighted by molar-refractivity contribution is 0.967. The molecule has 0 aromatic carbocycles. The van der Waals surface area contributed by atoms with Crippen LogP contribution >= 0.6 is 0 Å². The molecule has 0 radical (unpaired) electrons. The highest BCUT2D eigenvalue weighted by Crippen LogP contribution is 2.09. The molecule has 0 aromatic rings. The van der Waals surface area contributed by atoms with Crippen LogP contribution in [0, 0.1) is 0 Å². The zero-order valence-electron chi connectivity index (χ0n) is 27.2. The van der Waals surface area contributed by atoms with E-state index in [1.54, 1.807) is 0 Å². The van der Waals surface area contributed by atoms with E-state index in [1.807, 2.05) is 0 Å². The Balaban J connectivity index is 4.70. The quantitative estimate of drug-likeness (QED) is 0.136. The van der Waals surface area contributed by atoms with E-state index in [2.05, 4.69) is 179 Å². The molecule has 0 N–H and O–H groups in total. The maximum atomic E-state index is 2.30. The molecule has 0 amide bonds. The van der Waals surface area contributed by atoms with Crippen LogP contribution < -0.4 is 0 Å². The zero-order valence-corrected chi connectivity index (χ0v) is 27.2. The summed E-state index contributed by atoms with van der Waals surface area (Å²) in [6, 6.07) is 0. The van der Waals surface area contributed by atoms with Crippen LogP contribution in [-0.4, -0.2) is 0 Å². The molecule has 0 nitrogen and oxygen atoms in total. The van der Waals surface area contributed by atoms with Gasteiger partial charge in [-0.2, -0.15) is 0 Å². The Morgan fingerprint density at radius 1 is 0.350 bits per heavy atom. The summed E-state index contributed by atoms with van der Waals surface area (Å²) in [5.74, 6) is 0. The van der Waals surface area contributed by atoms with Gasteiger partial charge < -0.3 is 0 Å². The van der Waals surface area contributed by atoms with Crippen molar-refractivity contribution in [3.05, 3.63) is 154 Å². The average molecular weight is 537 g/mol. The molecule has 40 heavy (non-hydrogen) atoms. The van der Waals surface area contributed by atoms with E-state index in [9.17, 15) is 0 Å². The van der Waals surface area contributed by atoms with Gasteiger partial charge in [-0.25, -0.2) is 0 Å². The summed E-state index contributed by atoms with van der Waals surface area (Å²) in [6.07, 6.45) is 43.3. The van der Waals surface area contributed by atoms with Crippen LogP contribution in [0.3, 0.4) is 0 Å². The van der Waals surface area contributed by atoms with E-state index >= 15 is 0 Å². The van der Waals surface area contributed by atoms with Gasteiger partial charge in [0.2, 0.25) is 0 Å². The van der Waals surface area contributed by atoms with E-state index in [0.717, 1.165) is 25.7 Å². The molecule has 0 aliphatic rings. The SMILES string of the molecule is CC(C)=CCC\C(C)=C/C=C/C(C)=C\C=C\C(C)=C/C=C/C=C(C)\C=C\C=C(C)\C=C\C=C(\C)CCC=C(C)C. The van der Waals surface area contributed by atoms with Gasteiger partial charge in [0, 0.05) is 0 Å². The first kappa shape index (κ1) is 36.6. The fraction of sp³-hybridized carbons (Fsp3) is 0.350. The van der Waals surface area contributed by atoms with Gasteiger partial charge >= 0.3 is 0 Å². The lowest BCUT2D eigenvalue weighted by atomic mass is 10.1. The predicted molar refractivity (Wildman–Crippen MR) is 186 cm³/mol. The van der Waals surface area contributed by atoms with Crippen molar-refractivity contribution in [1.82, 2.24) is 0 Å². The minimum atomic E-state index is 1.12. The Morgan fingerprint density at radius 2 is 0.625 bits per heavy atom. The second-order valence-corrected chi connectivity index (χ2v) is 11.1. The van der Waals surface area contributed by atoms with Crippen LogP contribution in [0.15, 0.2) is 154 Å². The van der Waals surface area contributed by atoms with E-state index in [1.165, 1.54) is 44.6 Å². The van der Waals surface area contributed by atoms with E-state index in [-0.39, 0.29) is 0 Å². The fourth-order valence-electron chi connectivity index (χ4n) is 3.41. The summed E-state index contributed by atoms with van der Waals surface area (Å²) in [4.78, 5) is 0.